The van der Waals surface area contributed by atoms with Gasteiger partial charge in [0.1, 0.15) is 5.78 Å². The van der Waals surface area contributed by atoms with Gasteiger partial charge in [-0.25, -0.2) is 0 Å². The third-order valence-electron chi connectivity index (χ3n) is 4.74. The zero-order valence-electron chi connectivity index (χ0n) is 11.2. The number of carbonyl (C=O) groups excluding carboxylic acids is 1. The molecule has 0 unspecified atom stereocenters. The molecule has 0 radical (unpaired) electrons. The van der Waals surface area contributed by atoms with Crippen molar-refractivity contribution in [3.05, 3.63) is 0 Å². The molecule has 0 aromatic rings. The predicted molar refractivity (Wildman–Crippen MR) is 70.4 cm³/mol. The molecule has 2 aliphatic carbocycles. The Morgan fingerprint density at radius 1 is 1.41 bits per heavy atom. The Morgan fingerprint density at radius 2 is 2.18 bits per heavy atom. The second-order valence-corrected chi connectivity index (χ2v) is 6.70. The quantitative estimate of drug-likeness (QED) is 0.534. The number of ketones is 1. The number of terminal acetylenes is 1. The van der Waals surface area contributed by atoms with Crippen LogP contribution in [0.3, 0.4) is 0 Å². The van der Waals surface area contributed by atoms with Crippen molar-refractivity contribution in [1.29, 1.82) is 0 Å². The molecular weight excluding hydrogens is 208 g/mol. The van der Waals surface area contributed by atoms with E-state index in [1.54, 1.807) is 0 Å². The molecule has 1 heteroatoms. The van der Waals surface area contributed by atoms with Crippen molar-refractivity contribution in [2.45, 2.75) is 58.8 Å². The summed E-state index contributed by atoms with van der Waals surface area (Å²) in [5.74, 6) is 4.99. The van der Waals surface area contributed by atoms with E-state index in [4.69, 9.17) is 6.42 Å². The number of rotatable bonds is 3. The fourth-order valence-electron chi connectivity index (χ4n) is 4.09. The lowest BCUT2D eigenvalue weighted by Gasteiger charge is -2.32. The topological polar surface area (TPSA) is 17.1 Å². The maximum absolute atomic E-state index is 12.1. The molecule has 3 atom stereocenters. The highest BCUT2D eigenvalue weighted by atomic mass is 16.1. The zero-order valence-corrected chi connectivity index (χ0v) is 11.2. The number of unbranched alkanes of at least 4 members (excludes halogenated alkanes) is 1. The van der Waals surface area contributed by atoms with Crippen LogP contribution in [0.1, 0.15) is 58.8 Å². The molecule has 0 aromatic carbocycles. The van der Waals surface area contributed by atoms with Crippen LogP contribution in [0.5, 0.6) is 0 Å². The highest BCUT2D eigenvalue weighted by molar-refractivity contribution is 5.82. The van der Waals surface area contributed by atoms with Crippen molar-refractivity contribution in [2.24, 2.45) is 23.2 Å². The number of Topliss-reactive ketones (excluding diaryl/α,β-unsaturated/α-hetero) is 1. The maximum Gasteiger partial charge on any atom is 0.136 e. The summed E-state index contributed by atoms with van der Waals surface area (Å²) >= 11 is 0. The average molecular weight is 232 g/mol. The van der Waals surface area contributed by atoms with Gasteiger partial charge in [0, 0.05) is 18.8 Å². The maximum atomic E-state index is 12.1. The van der Waals surface area contributed by atoms with Crippen LogP contribution in [0.2, 0.25) is 0 Å². The van der Waals surface area contributed by atoms with Crippen LogP contribution in [0, 0.1) is 35.5 Å². The SMILES string of the molecule is C#CCCC[C@H]1C(=O)CC[C@H]2CC(C)(C)C[C@H]21. The molecule has 0 aliphatic heterocycles. The van der Waals surface area contributed by atoms with Crippen LogP contribution in [-0.4, -0.2) is 5.78 Å². The van der Waals surface area contributed by atoms with E-state index in [2.05, 4.69) is 19.8 Å². The van der Waals surface area contributed by atoms with Gasteiger partial charge in [0.05, 0.1) is 0 Å². The molecule has 0 N–H and O–H groups in total. The van der Waals surface area contributed by atoms with E-state index in [0.29, 0.717) is 23.0 Å². The molecule has 94 valence electrons. The predicted octanol–water partition coefficient (Wildman–Crippen LogP) is 3.82. The van der Waals surface area contributed by atoms with Gasteiger partial charge in [-0.15, -0.1) is 12.3 Å². The Bertz CT molecular complexity index is 334. The van der Waals surface area contributed by atoms with Crippen molar-refractivity contribution >= 4 is 5.78 Å². The largest absolute Gasteiger partial charge is 0.299 e. The highest BCUT2D eigenvalue weighted by Gasteiger charge is 2.46. The second kappa shape index (κ2) is 4.84. The first kappa shape index (κ1) is 12.7. The van der Waals surface area contributed by atoms with E-state index in [1.165, 1.54) is 12.8 Å². The molecule has 2 fully saturated rings. The summed E-state index contributed by atoms with van der Waals surface area (Å²) in [6.07, 6.45) is 12.7. The normalized spacial score (nSPS) is 35.4. The fraction of sp³-hybridized carbons (Fsp3) is 0.812. The third kappa shape index (κ3) is 2.73. The van der Waals surface area contributed by atoms with Gasteiger partial charge in [-0.2, -0.15) is 0 Å². The van der Waals surface area contributed by atoms with Gasteiger partial charge in [-0.1, -0.05) is 13.8 Å². The van der Waals surface area contributed by atoms with Crippen LogP contribution < -0.4 is 0 Å². The molecule has 0 heterocycles. The molecule has 0 bridgehead atoms. The van der Waals surface area contributed by atoms with E-state index in [1.807, 2.05) is 0 Å². The van der Waals surface area contributed by atoms with Gasteiger partial charge in [0.2, 0.25) is 0 Å². The third-order valence-corrected chi connectivity index (χ3v) is 4.74. The van der Waals surface area contributed by atoms with Crippen molar-refractivity contribution in [2.75, 3.05) is 0 Å². The summed E-state index contributed by atoms with van der Waals surface area (Å²) in [7, 11) is 0. The summed E-state index contributed by atoms with van der Waals surface area (Å²) in [6.45, 7) is 4.71. The molecule has 17 heavy (non-hydrogen) atoms. The Morgan fingerprint density at radius 3 is 2.88 bits per heavy atom. The summed E-state index contributed by atoms with van der Waals surface area (Å²) in [4.78, 5) is 12.1. The number of hydrogen-bond acceptors (Lipinski definition) is 1. The second-order valence-electron chi connectivity index (χ2n) is 6.70. The molecule has 0 aromatic heterocycles. The van der Waals surface area contributed by atoms with Gasteiger partial charge in [0.25, 0.3) is 0 Å². The first-order valence-electron chi connectivity index (χ1n) is 7.00. The summed E-state index contributed by atoms with van der Waals surface area (Å²) in [6, 6.07) is 0. The van der Waals surface area contributed by atoms with Gasteiger partial charge in [0.15, 0.2) is 0 Å². The highest BCUT2D eigenvalue weighted by Crippen LogP contribution is 2.53. The Hall–Kier alpha value is -0.770. The number of hydrogen-bond donors (Lipinski definition) is 0. The van der Waals surface area contributed by atoms with Crippen LogP contribution >= 0.6 is 0 Å². The Kier molecular flexibility index (Phi) is 3.61. The van der Waals surface area contributed by atoms with Crippen molar-refractivity contribution in [3.8, 4) is 12.3 Å². The lowest BCUT2D eigenvalue weighted by molar-refractivity contribution is -0.128. The first-order valence-corrected chi connectivity index (χ1v) is 7.00. The van der Waals surface area contributed by atoms with Crippen LogP contribution in [0.25, 0.3) is 0 Å². The molecular formula is C16H24O. The molecule has 2 aliphatic rings. The van der Waals surface area contributed by atoms with Crippen molar-refractivity contribution in [1.82, 2.24) is 0 Å². The summed E-state index contributed by atoms with van der Waals surface area (Å²) in [5, 5.41) is 0. The van der Waals surface area contributed by atoms with Crippen molar-refractivity contribution in [3.63, 3.8) is 0 Å². The zero-order chi connectivity index (χ0) is 12.5. The molecule has 0 saturated heterocycles. The van der Waals surface area contributed by atoms with E-state index in [-0.39, 0.29) is 0 Å². The standard InChI is InChI=1S/C16H24O/c1-4-5-6-7-13-14-11-16(2,3)10-12(14)8-9-15(13)17/h1,12-14H,5-11H2,2-3H3/t12-,13+,14+/m0/s1. The van der Waals surface area contributed by atoms with Crippen molar-refractivity contribution < 1.29 is 4.79 Å². The lowest BCUT2D eigenvalue weighted by Crippen LogP contribution is -2.32. The number of fused-ring (bicyclic) bond motifs is 1. The average Bonchev–Trinajstić information content (AvgIpc) is 2.56. The van der Waals surface area contributed by atoms with E-state index in [9.17, 15) is 4.79 Å². The molecule has 2 rings (SSSR count). The molecule has 0 spiro atoms. The van der Waals surface area contributed by atoms with Crippen LogP contribution in [0.15, 0.2) is 0 Å². The first-order chi connectivity index (χ1) is 8.03. The molecule has 1 nitrogen and oxygen atoms in total. The molecule has 0 amide bonds. The van der Waals surface area contributed by atoms with E-state index >= 15 is 0 Å². The van der Waals surface area contributed by atoms with Crippen LogP contribution in [-0.2, 0) is 4.79 Å². The minimum atomic E-state index is 0.323. The Balaban J connectivity index is 2.02. The van der Waals surface area contributed by atoms with Crippen LogP contribution in [0.4, 0.5) is 0 Å². The Labute approximate surface area is 105 Å². The summed E-state index contributed by atoms with van der Waals surface area (Å²) < 4.78 is 0. The monoisotopic (exact) mass is 232 g/mol. The summed E-state index contributed by atoms with van der Waals surface area (Å²) in [5.41, 5.74) is 0.449. The van der Waals surface area contributed by atoms with E-state index in [0.717, 1.165) is 38.0 Å². The lowest BCUT2D eigenvalue weighted by atomic mass is 9.71. The van der Waals surface area contributed by atoms with Gasteiger partial charge >= 0.3 is 0 Å². The van der Waals surface area contributed by atoms with Gasteiger partial charge in [-0.05, 0) is 49.4 Å². The minimum absolute atomic E-state index is 0.323. The number of carbonyl (C=O) groups is 1. The molecule has 2 saturated carbocycles. The fourth-order valence-corrected chi connectivity index (χ4v) is 4.09. The van der Waals surface area contributed by atoms with E-state index < -0.39 is 0 Å². The smallest absolute Gasteiger partial charge is 0.136 e. The minimum Gasteiger partial charge on any atom is -0.299 e. The van der Waals surface area contributed by atoms with Gasteiger partial charge < -0.3 is 0 Å². The van der Waals surface area contributed by atoms with Gasteiger partial charge in [-0.3, -0.25) is 4.79 Å².